The van der Waals surface area contributed by atoms with Gasteiger partial charge in [-0.05, 0) is 49.6 Å². The zero-order chi connectivity index (χ0) is 23.2. The topological polar surface area (TPSA) is 48.1 Å². The molecule has 8 heteroatoms. The van der Waals surface area contributed by atoms with Crippen LogP contribution in [0.5, 0.6) is 5.75 Å². The highest BCUT2D eigenvalue weighted by atomic mass is 19.2. The third-order valence-electron chi connectivity index (χ3n) is 6.38. The molecule has 0 aliphatic carbocycles. The largest absolute Gasteiger partial charge is 0.492 e. The molecule has 0 unspecified atom stereocenters. The number of hydrogen-bond acceptors (Lipinski definition) is 4. The average molecular weight is 459 g/mol. The van der Waals surface area contributed by atoms with E-state index in [4.69, 9.17) is 4.74 Å². The lowest BCUT2D eigenvalue weighted by molar-refractivity contribution is 0.167. The summed E-state index contributed by atoms with van der Waals surface area (Å²) >= 11 is 0. The molecule has 0 saturated carbocycles. The van der Waals surface area contributed by atoms with Crippen LogP contribution in [0, 0.1) is 11.6 Å². The van der Waals surface area contributed by atoms with Crippen molar-refractivity contribution < 1.29 is 18.3 Å². The number of benzene rings is 2. The van der Waals surface area contributed by atoms with Crippen molar-refractivity contribution in [3.8, 4) is 5.75 Å². The number of likely N-dealkylation sites (tertiary alicyclic amines) is 1. The number of ether oxygens (including phenoxy) is 1. The van der Waals surface area contributed by atoms with Crippen LogP contribution < -0.4 is 15.0 Å². The molecule has 2 aliphatic heterocycles. The first-order valence-electron chi connectivity index (χ1n) is 11.7. The van der Waals surface area contributed by atoms with E-state index in [2.05, 4.69) is 21.2 Å². The maximum atomic E-state index is 13.4. The Labute approximate surface area is 194 Å². The number of para-hydroxylation sites is 2. The van der Waals surface area contributed by atoms with Crippen molar-refractivity contribution in [2.45, 2.75) is 32.4 Å². The number of urea groups is 1. The third kappa shape index (κ3) is 5.93. The highest BCUT2D eigenvalue weighted by molar-refractivity contribution is 5.75. The first kappa shape index (κ1) is 23.3. The minimum absolute atomic E-state index is 0.00759. The van der Waals surface area contributed by atoms with E-state index in [9.17, 15) is 13.6 Å². The lowest BCUT2D eigenvalue weighted by atomic mass is 10.0. The Balaban J connectivity index is 1.21. The zero-order valence-corrected chi connectivity index (χ0v) is 19.1. The van der Waals surface area contributed by atoms with E-state index in [1.807, 2.05) is 30.0 Å². The van der Waals surface area contributed by atoms with E-state index in [0.29, 0.717) is 26.2 Å². The fraction of sp³-hybridized carbons (Fsp3) is 0.480. The highest BCUT2D eigenvalue weighted by Crippen LogP contribution is 2.28. The molecule has 2 amide bonds. The molecule has 2 aliphatic rings. The van der Waals surface area contributed by atoms with Crippen molar-refractivity contribution in [1.29, 1.82) is 0 Å². The van der Waals surface area contributed by atoms with Crippen molar-refractivity contribution >= 4 is 11.7 Å². The van der Waals surface area contributed by atoms with Gasteiger partial charge in [0, 0.05) is 51.9 Å². The van der Waals surface area contributed by atoms with Crippen LogP contribution in [0.1, 0.15) is 25.3 Å². The predicted octanol–water partition coefficient (Wildman–Crippen LogP) is 3.86. The van der Waals surface area contributed by atoms with Crippen LogP contribution >= 0.6 is 0 Å². The number of amides is 2. The lowest BCUT2D eigenvalue weighted by Gasteiger charge is -2.38. The Kier molecular flexibility index (Phi) is 7.65. The molecule has 2 heterocycles. The monoisotopic (exact) mass is 458 g/mol. The maximum Gasteiger partial charge on any atom is 0.317 e. The molecule has 2 aromatic rings. The number of carbonyl (C=O) groups excluding carboxylic acids is 1. The van der Waals surface area contributed by atoms with Gasteiger partial charge in [0.15, 0.2) is 11.6 Å². The molecule has 1 N–H and O–H groups in total. The van der Waals surface area contributed by atoms with Crippen LogP contribution in [-0.2, 0) is 6.54 Å². The number of carbonyl (C=O) groups is 1. The van der Waals surface area contributed by atoms with Crippen LogP contribution in [0.25, 0.3) is 0 Å². The van der Waals surface area contributed by atoms with Crippen LogP contribution in [0.4, 0.5) is 19.3 Å². The molecule has 0 atom stereocenters. The minimum atomic E-state index is -0.820. The van der Waals surface area contributed by atoms with Gasteiger partial charge in [-0.2, -0.15) is 0 Å². The van der Waals surface area contributed by atoms with Gasteiger partial charge >= 0.3 is 6.03 Å². The second kappa shape index (κ2) is 10.8. The Morgan fingerprint density at radius 1 is 1.00 bits per heavy atom. The first-order chi connectivity index (χ1) is 16.0. The van der Waals surface area contributed by atoms with Gasteiger partial charge in [0.25, 0.3) is 0 Å². The van der Waals surface area contributed by atoms with E-state index < -0.39 is 11.6 Å². The van der Waals surface area contributed by atoms with Crippen molar-refractivity contribution in [3.63, 3.8) is 0 Å². The molecule has 178 valence electrons. The summed E-state index contributed by atoms with van der Waals surface area (Å²) in [6, 6.07) is 12.2. The van der Waals surface area contributed by atoms with Crippen LogP contribution in [0.2, 0.25) is 0 Å². The van der Waals surface area contributed by atoms with Crippen LogP contribution in [0.15, 0.2) is 42.5 Å². The highest BCUT2D eigenvalue weighted by Gasteiger charge is 2.26. The number of nitrogens with one attached hydrogen (secondary N) is 1. The number of rotatable bonds is 6. The SMILES string of the molecule is CCOc1ccccc1N1CCN(C(=O)NC2CCN(Cc3ccc(F)c(F)c3)CC2)CC1. The van der Waals surface area contributed by atoms with E-state index in [1.54, 1.807) is 6.07 Å². The molecule has 0 aromatic heterocycles. The summed E-state index contributed by atoms with van der Waals surface area (Å²) in [5.41, 5.74) is 1.84. The van der Waals surface area contributed by atoms with E-state index in [-0.39, 0.29) is 12.1 Å². The average Bonchev–Trinajstić information content (AvgIpc) is 2.83. The molecule has 2 aromatic carbocycles. The van der Waals surface area contributed by atoms with Gasteiger partial charge in [0.05, 0.1) is 12.3 Å². The van der Waals surface area contributed by atoms with Gasteiger partial charge in [0.2, 0.25) is 0 Å². The van der Waals surface area contributed by atoms with Crippen LogP contribution in [0.3, 0.4) is 0 Å². The fourth-order valence-corrected chi connectivity index (χ4v) is 4.54. The molecule has 0 radical (unpaired) electrons. The zero-order valence-electron chi connectivity index (χ0n) is 19.1. The number of anilines is 1. The number of piperidine rings is 1. The second-order valence-electron chi connectivity index (χ2n) is 8.62. The molecule has 2 fully saturated rings. The number of halogens is 2. The summed E-state index contributed by atoms with van der Waals surface area (Å²) in [6.07, 6.45) is 1.69. The molecule has 0 bridgehead atoms. The molecule has 4 rings (SSSR count). The minimum Gasteiger partial charge on any atom is -0.492 e. The smallest absolute Gasteiger partial charge is 0.317 e. The summed E-state index contributed by atoms with van der Waals surface area (Å²) in [4.78, 5) is 19.2. The van der Waals surface area contributed by atoms with Crippen molar-refractivity contribution in [2.75, 3.05) is 50.8 Å². The van der Waals surface area contributed by atoms with Gasteiger partial charge in [-0.1, -0.05) is 18.2 Å². The molecule has 0 spiro atoms. The Hall–Kier alpha value is -2.87. The van der Waals surface area contributed by atoms with Gasteiger partial charge in [-0.25, -0.2) is 13.6 Å². The van der Waals surface area contributed by atoms with Crippen molar-refractivity contribution in [3.05, 3.63) is 59.7 Å². The van der Waals surface area contributed by atoms with E-state index in [0.717, 1.165) is 56.0 Å². The maximum absolute atomic E-state index is 13.4. The van der Waals surface area contributed by atoms with Gasteiger partial charge in [0.1, 0.15) is 5.75 Å². The summed E-state index contributed by atoms with van der Waals surface area (Å²) < 4.78 is 32.3. The Morgan fingerprint density at radius 2 is 1.73 bits per heavy atom. The molecule has 6 nitrogen and oxygen atoms in total. The molecular formula is C25H32F2N4O2. The quantitative estimate of drug-likeness (QED) is 0.714. The van der Waals surface area contributed by atoms with Gasteiger partial charge in [-0.3, -0.25) is 4.90 Å². The summed E-state index contributed by atoms with van der Waals surface area (Å²) in [5.74, 6) is -0.747. The summed E-state index contributed by atoms with van der Waals surface area (Å²) in [5, 5.41) is 3.18. The number of nitrogens with zero attached hydrogens (tertiary/aromatic N) is 3. The predicted molar refractivity (Wildman–Crippen MR) is 125 cm³/mol. The van der Waals surface area contributed by atoms with E-state index >= 15 is 0 Å². The lowest BCUT2D eigenvalue weighted by Crippen LogP contribution is -2.54. The second-order valence-corrected chi connectivity index (χ2v) is 8.62. The van der Waals surface area contributed by atoms with Crippen LogP contribution in [-0.4, -0.2) is 67.7 Å². The molecule has 2 saturated heterocycles. The molecular weight excluding hydrogens is 426 g/mol. The number of piperazine rings is 1. The van der Waals surface area contributed by atoms with E-state index in [1.165, 1.54) is 12.1 Å². The van der Waals surface area contributed by atoms with Crippen molar-refractivity contribution in [1.82, 2.24) is 15.1 Å². The number of hydrogen-bond donors (Lipinski definition) is 1. The van der Waals surface area contributed by atoms with Gasteiger partial charge < -0.3 is 19.9 Å². The Bertz CT molecular complexity index is 942. The van der Waals surface area contributed by atoms with Gasteiger partial charge in [-0.15, -0.1) is 0 Å². The van der Waals surface area contributed by atoms with Crippen molar-refractivity contribution in [2.24, 2.45) is 0 Å². The standard InChI is InChI=1S/C25H32F2N4O2/c1-2-33-24-6-4-3-5-23(24)30-13-15-31(16-14-30)25(32)28-20-9-11-29(12-10-20)18-19-7-8-21(26)22(27)17-19/h3-8,17,20H,2,9-16,18H2,1H3,(H,28,32). The Morgan fingerprint density at radius 3 is 2.42 bits per heavy atom. The fourth-order valence-electron chi connectivity index (χ4n) is 4.54. The normalized spacial score (nSPS) is 17.8. The summed E-state index contributed by atoms with van der Waals surface area (Å²) in [7, 11) is 0. The molecule has 33 heavy (non-hydrogen) atoms. The summed E-state index contributed by atoms with van der Waals surface area (Å²) in [6.45, 7) is 7.68. The first-order valence-corrected chi connectivity index (χ1v) is 11.7. The third-order valence-corrected chi connectivity index (χ3v) is 6.38.